The molecule has 0 aliphatic carbocycles. The Hall–Kier alpha value is -0.120. The van der Waals surface area contributed by atoms with Gasteiger partial charge in [0.1, 0.15) is 0 Å². The van der Waals surface area contributed by atoms with Crippen LogP contribution in [0.4, 0.5) is 0 Å². The fraction of sp³-hybridized carbons (Fsp3) is 1.00. The van der Waals surface area contributed by atoms with Crippen LogP contribution in [0.3, 0.4) is 0 Å². The molecule has 0 aromatic rings. The van der Waals surface area contributed by atoms with E-state index in [0.717, 1.165) is 32.8 Å². The highest BCUT2D eigenvalue weighted by Gasteiger charge is 1.92. The van der Waals surface area contributed by atoms with Crippen molar-refractivity contribution in [3.8, 4) is 0 Å². The smallest absolute Gasteiger partial charge is 0.0590 e. The van der Waals surface area contributed by atoms with Crippen molar-refractivity contribution in [2.75, 3.05) is 46.9 Å². The second-order valence-electron chi connectivity index (χ2n) is 4.93. The number of rotatable bonds is 13. The summed E-state index contributed by atoms with van der Waals surface area (Å²) in [4.78, 5) is 2.18. The van der Waals surface area contributed by atoms with Crippen LogP contribution in [0.1, 0.15) is 45.4 Å². The van der Waals surface area contributed by atoms with Gasteiger partial charge in [0.2, 0.25) is 0 Å². The molecular weight excluding hydrogens is 212 g/mol. The van der Waals surface area contributed by atoms with E-state index in [1.807, 2.05) is 0 Å². The van der Waals surface area contributed by atoms with E-state index < -0.39 is 0 Å². The lowest BCUT2D eigenvalue weighted by Crippen LogP contribution is -2.29. The van der Waals surface area contributed by atoms with Crippen molar-refractivity contribution in [1.29, 1.82) is 0 Å². The first-order valence-electron chi connectivity index (χ1n) is 7.20. The van der Waals surface area contributed by atoms with E-state index in [1.54, 1.807) is 0 Å². The fourth-order valence-corrected chi connectivity index (χ4v) is 1.66. The summed E-state index contributed by atoms with van der Waals surface area (Å²) in [6.45, 7) is 7.16. The molecule has 17 heavy (non-hydrogen) atoms. The van der Waals surface area contributed by atoms with E-state index >= 15 is 0 Å². The molecule has 0 amide bonds. The normalized spacial score (nSPS) is 11.3. The van der Waals surface area contributed by atoms with Gasteiger partial charge in [0.15, 0.2) is 0 Å². The van der Waals surface area contributed by atoms with Crippen LogP contribution in [0.2, 0.25) is 0 Å². The lowest BCUT2D eigenvalue weighted by atomic mass is 10.1. The van der Waals surface area contributed by atoms with Crippen LogP contribution in [-0.4, -0.2) is 51.8 Å². The average Bonchev–Trinajstić information content (AvgIpc) is 2.30. The number of likely N-dealkylation sites (N-methyl/N-ethyl adjacent to an activating group) is 1. The third kappa shape index (κ3) is 15.9. The number of hydrogen-bond donors (Lipinski definition) is 1. The Morgan fingerprint density at radius 3 is 2.29 bits per heavy atom. The number of unbranched alkanes of at least 4 members (excludes halogenated alkanes) is 5. The van der Waals surface area contributed by atoms with Crippen LogP contribution in [0.5, 0.6) is 0 Å². The molecule has 0 unspecified atom stereocenters. The van der Waals surface area contributed by atoms with Crippen molar-refractivity contribution in [2.24, 2.45) is 0 Å². The summed E-state index contributed by atoms with van der Waals surface area (Å²) >= 11 is 0. The van der Waals surface area contributed by atoms with Crippen molar-refractivity contribution in [1.82, 2.24) is 10.2 Å². The topological polar surface area (TPSA) is 24.5 Å². The van der Waals surface area contributed by atoms with Crippen LogP contribution < -0.4 is 5.32 Å². The molecule has 0 rings (SSSR count). The Morgan fingerprint density at radius 1 is 0.882 bits per heavy atom. The van der Waals surface area contributed by atoms with Crippen LogP contribution in [0.15, 0.2) is 0 Å². The molecular formula is C14H32N2O. The van der Waals surface area contributed by atoms with Crippen molar-refractivity contribution in [3.05, 3.63) is 0 Å². The predicted octanol–water partition coefficient (Wildman–Crippen LogP) is 2.51. The molecule has 0 saturated heterocycles. The van der Waals surface area contributed by atoms with Gasteiger partial charge in [0, 0.05) is 26.2 Å². The summed E-state index contributed by atoms with van der Waals surface area (Å²) in [6.07, 6.45) is 8.03. The molecule has 3 heteroatoms. The van der Waals surface area contributed by atoms with Crippen molar-refractivity contribution in [3.63, 3.8) is 0 Å². The molecule has 0 fully saturated rings. The van der Waals surface area contributed by atoms with Gasteiger partial charge in [-0.2, -0.15) is 0 Å². The molecule has 0 bridgehead atoms. The Balaban J connectivity index is 2.89. The molecule has 0 spiro atoms. The van der Waals surface area contributed by atoms with Gasteiger partial charge in [-0.3, -0.25) is 0 Å². The van der Waals surface area contributed by atoms with E-state index in [2.05, 4.69) is 31.2 Å². The molecule has 0 aliphatic heterocycles. The SMILES string of the molecule is CCCCCCCCOCCNCCN(C)C. The highest BCUT2D eigenvalue weighted by molar-refractivity contribution is 4.50. The largest absolute Gasteiger partial charge is 0.380 e. The lowest BCUT2D eigenvalue weighted by Gasteiger charge is -2.10. The second-order valence-corrected chi connectivity index (χ2v) is 4.93. The standard InChI is InChI=1S/C14H32N2O/c1-4-5-6-7-8-9-13-17-14-11-15-10-12-16(2)3/h15H,4-14H2,1-3H3. The number of nitrogens with zero attached hydrogens (tertiary/aromatic N) is 1. The molecule has 0 radical (unpaired) electrons. The quantitative estimate of drug-likeness (QED) is 0.504. The van der Waals surface area contributed by atoms with E-state index in [9.17, 15) is 0 Å². The van der Waals surface area contributed by atoms with Crippen LogP contribution in [0, 0.1) is 0 Å². The van der Waals surface area contributed by atoms with Gasteiger partial charge in [-0.25, -0.2) is 0 Å². The summed E-state index contributed by atoms with van der Waals surface area (Å²) in [5.41, 5.74) is 0. The first kappa shape index (κ1) is 16.9. The van der Waals surface area contributed by atoms with Gasteiger partial charge < -0.3 is 15.0 Å². The van der Waals surface area contributed by atoms with Gasteiger partial charge in [0.25, 0.3) is 0 Å². The summed E-state index contributed by atoms with van der Waals surface area (Å²) in [5.74, 6) is 0. The van der Waals surface area contributed by atoms with Crippen LogP contribution >= 0.6 is 0 Å². The Bertz CT molecular complexity index is 140. The van der Waals surface area contributed by atoms with Crippen molar-refractivity contribution in [2.45, 2.75) is 45.4 Å². The van der Waals surface area contributed by atoms with Crippen molar-refractivity contribution < 1.29 is 4.74 Å². The molecule has 0 atom stereocenters. The number of hydrogen-bond acceptors (Lipinski definition) is 3. The van der Waals surface area contributed by atoms with E-state index in [-0.39, 0.29) is 0 Å². The summed E-state index contributed by atoms with van der Waals surface area (Å²) in [6, 6.07) is 0. The number of nitrogens with one attached hydrogen (secondary N) is 1. The second kappa shape index (κ2) is 13.9. The summed E-state index contributed by atoms with van der Waals surface area (Å²) < 4.78 is 5.57. The zero-order valence-corrected chi connectivity index (χ0v) is 12.1. The Kier molecular flexibility index (Phi) is 13.8. The van der Waals surface area contributed by atoms with Gasteiger partial charge in [-0.05, 0) is 20.5 Å². The first-order chi connectivity index (χ1) is 8.27. The zero-order valence-electron chi connectivity index (χ0n) is 12.1. The minimum Gasteiger partial charge on any atom is -0.380 e. The minimum atomic E-state index is 0.850. The molecule has 3 nitrogen and oxygen atoms in total. The maximum Gasteiger partial charge on any atom is 0.0590 e. The lowest BCUT2D eigenvalue weighted by molar-refractivity contribution is 0.131. The molecule has 0 heterocycles. The zero-order chi connectivity index (χ0) is 12.8. The van der Waals surface area contributed by atoms with Crippen molar-refractivity contribution >= 4 is 0 Å². The van der Waals surface area contributed by atoms with Gasteiger partial charge >= 0.3 is 0 Å². The van der Waals surface area contributed by atoms with E-state index in [0.29, 0.717) is 0 Å². The minimum absolute atomic E-state index is 0.850. The molecule has 0 saturated carbocycles. The maximum atomic E-state index is 5.57. The van der Waals surface area contributed by atoms with Gasteiger partial charge in [-0.15, -0.1) is 0 Å². The predicted molar refractivity (Wildman–Crippen MR) is 75.6 cm³/mol. The summed E-state index contributed by atoms with van der Waals surface area (Å²) in [5, 5.41) is 3.37. The third-order valence-electron chi connectivity index (χ3n) is 2.80. The fourth-order valence-electron chi connectivity index (χ4n) is 1.66. The first-order valence-corrected chi connectivity index (χ1v) is 7.20. The molecule has 104 valence electrons. The Labute approximate surface area is 108 Å². The van der Waals surface area contributed by atoms with E-state index in [1.165, 1.54) is 38.5 Å². The van der Waals surface area contributed by atoms with Crippen LogP contribution in [-0.2, 0) is 4.74 Å². The monoisotopic (exact) mass is 244 g/mol. The maximum absolute atomic E-state index is 5.57. The van der Waals surface area contributed by atoms with E-state index in [4.69, 9.17) is 4.74 Å². The molecule has 1 N–H and O–H groups in total. The molecule has 0 aliphatic rings. The molecule has 0 aromatic carbocycles. The van der Waals surface area contributed by atoms with Crippen LogP contribution in [0.25, 0.3) is 0 Å². The summed E-state index contributed by atoms with van der Waals surface area (Å²) in [7, 11) is 4.19. The number of ether oxygens (including phenoxy) is 1. The highest BCUT2D eigenvalue weighted by atomic mass is 16.5. The van der Waals surface area contributed by atoms with Gasteiger partial charge in [-0.1, -0.05) is 39.0 Å². The average molecular weight is 244 g/mol. The van der Waals surface area contributed by atoms with Gasteiger partial charge in [0.05, 0.1) is 6.61 Å². The highest BCUT2D eigenvalue weighted by Crippen LogP contribution is 2.04. The third-order valence-corrected chi connectivity index (χ3v) is 2.80. The Morgan fingerprint density at radius 2 is 1.59 bits per heavy atom. The molecule has 0 aromatic heterocycles.